The predicted molar refractivity (Wildman–Crippen MR) is 132 cm³/mol. The molecule has 4 rings (SSSR count). The third kappa shape index (κ3) is 6.17. The molecule has 180 valence electrons. The van der Waals surface area contributed by atoms with Crippen molar-refractivity contribution in [3.8, 4) is 5.75 Å². The van der Waals surface area contributed by atoms with E-state index in [9.17, 15) is 9.59 Å². The summed E-state index contributed by atoms with van der Waals surface area (Å²) in [6.45, 7) is 5.13. The molecule has 8 heteroatoms. The summed E-state index contributed by atoms with van der Waals surface area (Å²) in [4.78, 5) is 25.7. The third-order valence-electron chi connectivity index (χ3n) is 5.48. The van der Waals surface area contributed by atoms with Crippen LogP contribution < -0.4 is 15.4 Å². The van der Waals surface area contributed by atoms with Gasteiger partial charge in [0.25, 0.3) is 11.8 Å². The van der Waals surface area contributed by atoms with Gasteiger partial charge in [-0.25, -0.2) is 0 Å². The summed E-state index contributed by atoms with van der Waals surface area (Å²) in [7, 11) is 0. The van der Waals surface area contributed by atoms with Crippen LogP contribution in [0, 0.1) is 0 Å². The highest BCUT2D eigenvalue weighted by molar-refractivity contribution is 6.08. The molecule has 0 aliphatic rings. The van der Waals surface area contributed by atoms with E-state index in [2.05, 4.69) is 22.7 Å². The van der Waals surface area contributed by atoms with Crippen LogP contribution >= 0.6 is 0 Å². The van der Waals surface area contributed by atoms with Crippen LogP contribution in [0.25, 0.3) is 0 Å². The number of hydrogen-bond acceptors (Lipinski definition) is 5. The van der Waals surface area contributed by atoms with Crippen molar-refractivity contribution in [3.05, 3.63) is 101 Å². The largest absolute Gasteiger partial charge is 0.489 e. The molecule has 2 heterocycles. The summed E-state index contributed by atoms with van der Waals surface area (Å²) in [6.07, 6.45) is 4.16. The van der Waals surface area contributed by atoms with Crippen molar-refractivity contribution in [3.63, 3.8) is 0 Å². The van der Waals surface area contributed by atoms with Crippen LogP contribution in [0.2, 0.25) is 0 Å². The quantitative estimate of drug-likeness (QED) is 0.345. The maximum atomic E-state index is 13.0. The second kappa shape index (κ2) is 11.2. The van der Waals surface area contributed by atoms with Crippen LogP contribution in [0.5, 0.6) is 5.75 Å². The number of amides is 2. The van der Waals surface area contributed by atoms with E-state index in [0.717, 1.165) is 17.7 Å². The Morgan fingerprint density at radius 1 is 1.00 bits per heavy atom. The molecule has 2 aromatic carbocycles. The van der Waals surface area contributed by atoms with Crippen LogP contribution in [-0.4, -0.2) is 21.6 Å². The summed E-state index contributed by atoms with van der Waals surface area (Å²) in [5.41, 5.74) is 3.04. The van der Waals surface area contributed by atoms with Gasteiger partial charge in [-0.15, -0.1) is 0 Å². The minimum Gasteiger partial charge on any atom is -0.489 e. The number of ether oxygens (including phenoxy) is 1. The van der Waals surface area contributed by atoms with Crippen molar-refractivity contribution in [2.75, 3.05) is 5.32 Å². The van der Waals surface area contributed by atoms with Crippen molar-refractivity contribution < 1.29 is 18.7 Å². The number of anilines is 1. The molecule has 2 amide bonds. The van der Waals surface area contributed by atoms with Gasteiger partial charge < -0.3 is 19.8 Å². The van der Waals surface area contributed by atoms with Crippen LogP contribution in [0.1, 0.15) is 51.6 Å². The van der Waals surface area contributed by atoms with E-state index in [1.165, 1.54) is 5.56 Å². The van der Waals surface area contributed by atoms with E-state index < -0.39 is 5.91 Å². The summed E-state index contributed by atoms with van der Waals surface area (Å²) in [6, 6.07) is 18.7. The van der Waals surface area contributed by atoms with Gasteiger partial charge in [-0.3, -0.25) is 14.3 Å². The second-order valence-corrected chi connectivity index (χ2v) is 7.95. The zero-order valence-corrected chi connectivity index (χ0v) is 19.8. The molecule has 0 spiro atoms. The van der Waals surface area contributed by atoms with Gasteiger partial charge in [-0.05, 0) is 60.9 Å². The minimum atomic E-state index is -0.403. The first-order valence-corrected chi connectivity index (χ1v) is 11.6. The minimum absolute atomic E-state index is 0.141. The van der Waals surface area contributed by atoms with Gasteiger partial charge in [0.15, 0.2) is 5.69 Å². The number of carbonyl (C=O) groups excluding carboxylic acids is 2. The van der Waals surface area contributed by atoms with E-state index in [1.807, 2.05) is 37.3 Å². The zero-order chi connectivity index (χ0) is 24.6. The van der Waals surface area contributed by atoms with Crippen LogP contribution in [0.3, 0.4) is 0 Å². The monoisotopic (exact) mass is 472 g/mol. The molecule has 8 nitrogen and oxygen atoms in total. The number of hydrogen-bond donors (Lipinski definition) is 2. The number of carbonyl (C=O) groups is 2. The van der Waals surface area contributed by atoms with E-state index in [1.54, 1.807) is 47.5 Å². The van der Waals surface area contributed by atoms with Gasteiger partial charge in [0.2, 0.25) is 0 Å². The summed E-state index contributed by atoms with van der Waals surface area (Å²) < 4.78 is 12.7. The van der Waals surface area contributed by atoms with E-state index >= 15 is 0 Å². The fourth-order valence-corrected chi connectivity index (χ4v) is 3.49. The number of furan rings is 1. The molecule has 0 aliphatic carbocycles. The van der Waals surface area contributed by atoms with Crippen molar-refractivity contribution >= 4 is 17.5 Å². The lowest BCUT2D eigenvalue weighted by Gasteiger charge is -2.09. The molecule has 0 saturated heterocycles. The van der Waals surface area contributed by atoms with Crippen molar-refractivity contribution in [2.24, 2.45) is 0 Å². The Kier molecular flexibility index (Phi) is 7.62. The highest BCUT2D eigenvalue weighted by Gasteiger charge is 2.19. The van der Waals surface area contributed by atoms with Crippen molar-refractivity contribution in [1.29, 1.82) is 0 Å². The maximum Gasteiger partial charge on any atom is 0.274 e. The number of nitrogens with one attached hydrogen (secondary N) is 2. The molecule has 0 aliphatic heterocycles. The maximum absolute atomic E-state index is 13.0. The van der Waals surface area contributed by atoms with Crippen LogP contribution in [-0.2, 0) is 26.1 Å². The van der Waals surface area contributed by atoms with Crippen molar-refractivity contribution in [2.45, 2.75) is 40.0 Å². The Morgan fingerprint density at radius 3 is 2.54 bits per heavy atom. The molecule has 0 atom stereocenters. The number of benzene rings is 2. The Bertz CT molecular complexity index is 1280. The summed E-state index contributed by atoms with van der Waals surface area (Å²) in [5, 5.41) is 9.89. The van der Waals surface area contributed by atoms with E-state index in [-0.39, 0.29) is 18.1 Å². The molecular weight excluding hydrogens is 444 g/mol. The van der Waals surface area contributed by atoms with E-state index in [4.69, 9.17) is 9.15 Å². The van der Waals surface area contributed by atoms with Gasteiger partial charge in [-0.1, -0.05) is 31.2 Å². The lowest BCUT2D eigenvalue weighted by molar-refractivity contribution is 0.0943. The Hall–Kier alpha value is -4.33. The van der Waals surface area contributed by atoms with Gasteiger partial charge in [0, 0.05) is 18.3 Å². The highest BCUT2D eigenvalue weighted by Crippen LogP contribution is 2.18. The average molecular weight is 473 g/mol. The van der Waals surface area contributed by atoms with Crippen LogP contribution in [0.15, 0.2) is 77.5 Å². The number of rotatable bonds is 10. The molecule has 0 saturated carbocycles. The van der Waals surface area contributed by atoms with Gasteiger partial charge in [0.05, 0.1) is 18.5 Å². The summed E-state index contributed by atoms with van der Waals surface area (Å²) >= 11 is 0. The SMILES string of the molecule is CCc1ccc(OCc2cccc(C(=O)Nc3cn(CC)nc3C(=O)NCc3ccco3)c2)cc1. The number of aryl methyl sites for hydroxylation is 2. The smallest absolute Gasteiger partial charge is 0.274 e. The first-order chi connectivity index (χ1) is 17.1. The second-order valence-electron chi connectivity index (χ2n) is 7.95. The molecule has 0 bridgehead atoms. The normalized spacial score (nSPS) is 10.7. The molecule has 4 aromatic rings. The number of nitrogens with zero attached hydrogens (tertiary/aromatic N) is 2. The standard InChI is InChI=1S/C27H28N4O4/c1-3-19-10-12-22(13-11-19)35-18-20-7-5-8-21(15-20)26(32)29-24-17-31(4-2)30-25(24)27(33)28-16-23-9-6-14-34-23/h5-15,17H,3-4,16,18H2,1-2H3,(H,28,33)(H,29,32). The van der Waals surface area contributed by atoms with E-state index in [0.29, 0.717) is 30.2 Å². The lowest BCUT2D eigenvalue weighted by Crippen LogP contribution is -2.25. The highest BCUT2D eigenvalue weighted by atomic mass is 16.5. The van der Waals surface area contributed by atoms with Gasteiger partial charge in [0.1, 0.15) is 18.1 Å². The molecule has 2 N–H and O–H groups in total. The lowest BCUT2D eigenvalue weighted by atomic mass is 10.1. The predicted octanol–water partition coefficient (Wildman–Crippen LogP) is 4.82. The Morgan fingerprint density at radius 2 is 1.83 bits per heavy atom. The topological polar surface area (TPSA) is 98.4 Å². The Labute approximate surface area is 203 Å². The van der Waals surface area contributed by atoms with Gasteiger partial charge in [-0.2, -0.15) is 5.10 Å². The molecule has 0 unspecified atom stereocenters. The fourth-order valence-electron chi connectivity index (χ4n) is 3.49. The molecular formula is C27H28N4O4. The van der Waals surface area contributed by atoms with Crippen LogP contribution in [0.4, 0.5) is 5.69 Å². The van der Waals surface area contributed by atoms with Crippen molar-refractivity contribution in [1.82, 2.24) is 15.1 Å². The first kappa shape index (κ1) is 23.8. The third-order valence-corrected chi connectivity index (χ3v) is 5.48. The first-order valence-electron chi connectivity index (χ1n) is 11.6. The Balaban J connectivity index is 1.42. The molecule has 35 heavy (non-hydrogen) atoms. The molecule has 0 radical (unpaired) electrons. The average Bonchev–Trinajstić information content (AvgIpc) is 3.56. The zero-order valence-electron chi connectivity index (χ0n) is 19.8. The fraction of sp³-hybridized carbons (Fsp3) is 0.222. The number of aromatic nitrogens is 2. The molecule has 0 fully saturated rings. The molecule has 2 aromatic heterocycles. The summed E-state index contributed by atoms with van der Waals surface area (Å²) in [5.74, 6) is 0.656. The van der Waals surface area contributed by atoms with Gasteiger partial charge >= 0.3 is 0 Å².